The lowest BCUT2D eigenvalue weighted by molar-refractivity contribution is -0.131. The number of hydrogen-bond donors (Lipinski definition) is 0. The molecule has 1 fully saturated rings. The van der Waals surface area contributed by atoms with Crippen LogP contribution in [0.4, 0.5) is 4.39 Å². The normalized spacial score (nSPS) is 15.6. The predicted molar refractivity (Wildman–Crippen MR) is 98.7 cm³/mol. The number of halogens is 2. The molecule has 0 bridgehead atoms. The standard InChI is InChI=1S/C19H23BrFN3O/c1-2-17-22-8-11-24(17)13-14-6-9-23(10-7-14)18(25)12-15-4-3-5-16(20)19(15)21/h3-5,8,11,14H,2,6-7,9-10,12-13H2,1H3. The highest BCUT2D eigenvalue weighted by Gasteiger charge is 2.24. The van der Waals surface area contributed by atoms with E-state index >= 15 is 0 Å². The molecular weight excluding hydrogens is 385 g/mol. The Bertz CT molecular complexity index is 738. The first-order valence-corrected chi connectivity index (χ1v) is 9.58. The number of carbonyl (C=O) groups is 1. The van der Waals surface area contributed by atoms with E-state index in [1.54, 1.807) is 18.2 Å². The quantitative estimate of drug-likeness (QED) is 0.755. The van der Waals surface area contributed by atoms with Crippen molar-refractivity contribution in [2.45, 2.75) is 39.2 Å². The molecule has 0 unspecified atom stereocenters. The number of likely N-dealkylation sites (tertiary alicyclic amines) is 1. The number of nitrogens with zero attached hydrogens (tertiary/aromatic N) is 3. The monoisotopic (exact) mass is 407 g/mol. The Hall–Kier alpha value is -1.69. The van der Waals surface area contributed by atoms with Gasteiger partial charge in [-0.25, -0.2) is 9.37 Å². The molecule has 0 aliphatic carbocycles. The first-order valence-electron chi connectivity index (χ1n) is 8.79. The van der Waals surface area contributed by atoms with Crippen molar-refractivity contribution in [2.75, 3.05) is 13.1 Å². The van der Waals surface area contributed by atoms with Gasteiger partial charge in [-0.15, -0.1) is 0 Å². The summed E-state index contributed by atoms with van der Waals surface area (Å²) in [5, 5.41) is 0. The molecule has 1 aliphatic rings. The Morgan fingerprint density at radius 3 is 2.84 bits per heavy atom. The van der Waals surface area contributed by atoms with E-state index in [1.165, 1.54) is 0 Å². The zero-order chi connectivity index (χ0) is 17.8. The Morgan fingerprint density at radius 2 is 2.12 bits per heavy atom. The van der Waals surface area contributed by atoms with Crippen molar-refractivity contribution < 1.29 is 9.18 Å². The first kappa shape index (κ1) is 18.1. The van der Waals surface area contributed by atoms with Crippen LogP contribution in [0, 0.1) is 11.7 Å². The van der Waals surface area contributed by atoms with E-state index in [4.69, 9.17) is 0 Å². The van der Waals surface area contributed by atoms with Gasteiger partial charge in [-0.2, -0.15) is 0 Å². The minimum absolute atomic E-state index is 0.00679. The van der Waals surface area contributed by atoms with Crippen molar-refractivity contribution in [3.8, 4) is 0 Å². The molecule has 2 heterocycles. The van der Waals surface area contributed by atoms with Gasteiger partial charge >= 0.3 is 0 Å². The molecule has 6 heteroatoms. The van der Waals surface area contributed by atoms with E-state index in [1.807, 2.05) is 17.3 Å². The van der Waals surface area contributed by atoms with E-state index in [0.717, 1.165) is 44.7 Å². The minimum Gasteiger partial charge on any atom is -0.342 e. The molecule has 25 heavy (non-hydrogen) atoms. The summed E-state index contributed by atoms with van der Waals surface area (Å²) in [7, 11) is 0. The number of imidazole rings is 1. The lowest BCUT2D eigenvalue weighted by atomic mass is 9.96. The summed E-state index contributed by atoms with van der Waals surface area (Å²) in [6.45, 7) is 4.57. The maximum atomic E-state index is 14.0. The highest BCUT2D eigenvalue weighted by Crippen LogP contribution is 2.23. The van der Waals surface area contributed by atoms with Crippen molar-refractivity contribution in [3.05, 3.63) is 52.3 Å². The van der Waals surface area contributed by atoms with Crippen molar-refractivity contribution >= 4 is 21.8 Å². The molecule has 1 aliphatic heterocycles. The van der Waals surface area contributed by atoms with Crippen LogP contribution in [0.3, 0.4) is 0 Å². The van der Waals surface area contributed by atoms with Gasteiger partial charge in [-0.05, 0) is 46.3 Å². The molecule has 1 aromatic carbocycles. The van der Waals surface area contributed by atoms with Gasteiger partial charge in [0.05, 0.1) is 10.9 Å². The van der Waals surface area contributed by atoms with E-state index in [-0.39, 0.29) is 18.1 Å². The number of amides is 1. The molecule has 1 saturated heterocycles. The zero-order valence-electron chi connectivity index (χ0n) is 14.4. The fraction of sp³-hybridized carbons (Fsp3) is 0.474. The van der Waals surface area contributed by atoms with Crippen LogP contribution in [0.2, 0.25) is 0 Å². The van der Waals surface area contributed by atoms with Gasteiger partial charge in [0.2, 0.25) is 5.91 Å². The van der Waals surface area contributed by atoms with Crippen LogP contribution in [0.5, 0.6) is 0 Å². The van der Waals surface area contributed by atoms with Crippen molar-refractivity contribution in [3.63, 3.8) is 0 Å². The maximum absolute atomic E-state index is 14.0. The van der Waals surface area contributed by atoms with Gasteiger partial charge in [0.25, 0.3) is 0 Å². The summed E-state index contributed by atoms with van der Waals surface area (Å²) in [6.07, 6.45) is 6.90. The molecule has 0 radical (unpaired) electrons. The van der Waals surface area contributed by atoms with Gasteiger partial charge in [0.15, 0.2) is 0 Å². The van der Waals surface area contributed by atoms with Crippen molar-refractivity contribution in [1.82, 2.24) is 14.5 Å². The van der Waals surface area contributed by atoms with Gasteiger partial charge in [0, 0.05) is 38.4 Å². The van der Waals surface area contributed by atoms with Gasteiger partial charge in [-0.3, -0.25) is 4.79 Å². The number of carbonyl (C=O) groups excluding carboxylic acids is 1. The van der Waals surface area contributed by atoms with Gasteiger partial charge in [-0.1, -0.05) is 19.1 Å². The number of rotatable bonds is 5. The summed E-state index contributed by atoms with van der Waals surface area (Å²) in [6, 6.07) is 5.09. The molecule has 2 aromatic rings. The Labute approximate surface area is 156 Å². The smallest absolute Gasteiger partial charge is 0.227 e. The van der Waals surface area contributed by atoms with Crippen LogP contribution in [0.1, 0.15) is 31.2 Å². The number of benzene rings is 1. The molecule has 4 nitrogen and oxygen atoms in total. The SMILES string of the molecule is CCc1nccn1CC1CCN(C(=O)Cc2cccc(Br)c2F)CC1. The average molecular weight is 408 g/mol. The summed E-state index contributed by atoms with van der Waals surface area (Å²) < 4.78 is 16.7. The third-order valence-corrected chi connectivity index (χ3v) is 5.53. The van der Waals surface area contributed by atoms with Crippen LogP contribution in [-0.4, -0.2) is 33.4 Å². The van der Waals surface area contributed by atoms with Crippen LogP contribution in [0.15, 0.2) is 35.1 Å². The number of hydrogen-bond acceptors (Lipinski definition) is 2. The van der Waals surface area contributed by atoms with E-state index in [9.17, 15) is 9.18 Å². The maximum Gasteiger partial charge on any atom is 0.227 e. The molecule has 1 amide bonds. The topological polar surface area (TPSA) is 38.1 Å². The number of piperidine rings is 1. The minimum atomic E-state index is -0.335. The highest BCUT2D eigenvalue weighted by atomic mass is 79.9. The van der Waals surface area contributed by atoms with Gasteiger partial charge in [0.1, 0.15) is 11.6 Å². The Balaban J connectivity index is 1.53. The van der Waals surface area contributed by atoms with Crippen LogP contribution in [0.25, 0.3) is 0 Å². The van der Waals surface area contributed by atoms with Gasteiger partial charge < -0.3 is 9.47 Å². The van der Waals surface area contributed by atoms with E-state index < -0.39 is 0 Å². The molecule has 0 atom stereocenters. The second-order valence-corrected chi connectivity index (χ2v) is 7.42. The molecule has 3 rings (SSSR count). The Kier molecular flexibility index (Phi) is 5.89. The molecule has 0 N–H and O–H groups in total. The molecule has 134 valence electrons. The molecule has 1 aromatic heterocycles. The molecular formula is C19H23BrFN3O. The molecule has 0 saturated carbocycles. The third kappa shape index (κ3) is 4.29. The largest absolute Gasteiger partial charge is 0.342 e. The molecule has 0 spiro atoms. The highest BCUT2D eigenvalue weighted by molar-refractivity contribution is 9.10. The fourth-order valence-corrected chi connectivity index (χ4v) is 3.83. The summed E-state index contributed by atoms with van der Waals surface area (Å²) >= 11 is 3.17. The second kappa shape index (κ2) is 8.13. The number of aryl methyl sites for hydroxylation is 1. The van der Waals surface area contributed by atoms with Crippen LogP contribution < -0.4 is 0 Å². The summed E-state index contributed by atoms with van der Waals surface area (Å²) in [4.78, 5) is 18.7. The van der Waals surface area contributed by atoms with E-state index in [2.05, 4.69) is 32.4 Å². The fourth-order valence-electron chi connectivity index (χ4n) is 3.42. The summed E-state index contributed by atoms with van der Waals surface area (Å²) in [5.41, 5.74) is 0.451. The van der Waals surface area contributed by atoms with Crippen LogP contribution in [-0.2, 0) is 24.2 Å². The van der Waals surface area contributed by atoms with Crippen LogP contribution >= 0.6 is 15.9 Å². The average Bonchev–Trinajstić information content (AvgIpc) is 3.06. The van der Waals surface area contributed by atoms with Crippen molar-refractivity contribution in [1.29, 1.82) is 0 Å². The zero-order valence-corrected chi connectivity index (χ0v) is 16.0. The van der Waals surface area contributed by atoms with Crippen molar-refractivity contribution in [2.24, 2.45) is 5.92 Å². The third-order valence-electron chi connectivity index (χ3n) is 4.91. The first-order chi connectivity index (χ1) is 12.1. The number of aromatic nitrogens is 2. The Morgan fingerprint density at radius 1 is 1.36 bits per heavy atom. The second-order valence-electron chi connectivity index (χ2n) is 6.56. The van der Waals surface area contributed by atoms with E-state index in [0.29, 0.717) is 16.0 Å². The lowest BCUT2D eigenvalue weighted by Crippen LogP contribution is -2.40. The summed E-state index contributed by atoms with van der Waals surface area (Å²) in [5.74, 6) is 1.35. The lowest BCUT2D eigenvalue weighted by Gasteiger charge is -2.32. The predicted octanol–water partition coefficient (Wildman–Crippen LogP) is 3.83.